The Balaban J connectivity index is 2.24. The summed E-state index contributed by atoms with van der Waals surface area (Å²) >= 11 is 0. The Bertz CT molecular complexity index is 211. The molecule has 3 fully saturated rings. The van der Waals surface area contributed by atoms with Crippen LogP contribution in [0, 0.1) is 41.4 Å². The molecule has 1 nitrogen and oxygen atoms in total. The number of fused-ring (bicyclic) bond motifs is 2. The van der Waals surface area contributed by atoms with Crippen LogP contribution in [0.4, 0.5) is 0 Å². The number of hydrogen-bond donors (Lipinski definition) is 1. The molecule has 0 aromatic rings. The molecule has 14 heavy (non-hydrogen) atoms. The predicted molar refractivity (Wildman–Crippen MR) is 58.8 cm³/mol. The molecule has 0 aromatic carbocycles. The maximum Gasteiger partial charge on any atom is 0.0602 e. The summed E-state index contributed by atoms with van der Waals surface area (Å²) in [5.41, 5.74) is 0. The first kappa shape index (κ1) is 10.5. The van der Waals surface area contributed by atoms with Gasteiger partial charge in [-0.3, -0.25) is 0 Å². The summed E-state index contributed by atoms with van der Waals surface area (Å²) in [6, 6.07) is 0. The zero-order chi connectivity index (χ0) is 10.6. The highest BCUT2D eigenvalue weighted by atomic mass is 16.3. The Morgan fingerprint density at radius 2 is 1.36 bits per heavy atom. The minimum atomic E-state index is -0.0441. The highest BCUT2D eigenvalue weighted by Crippen LogP contribution is 2.61. The van der Waals surface area contributed by atoms with Crippen LogP contribution in [0.15, 0.2) is 0 Å². The summed E-state index contributed by atoms with van der Waals surface area (Å²) in [7, 11) is 0. The van der Waals surface area contributed by atoms with E-state index in [-0.39, 0.29) is 6.10 Å². The third-order valence-corrected chi connectivity index (χ3v) is 5.18. The summed E-state index contributed by atoms with van der Waals surface area (Å²) in [6.45, 7) is 11.5. The van der Waals surface area contributed by atoms with Crippen LogP contribution in [0.3, 0.4) is 0 Å². The van der Waals surface area contributed by atoms with Gasteiger partial charge in [-0.2, -0.15) is 0 Å². The highest BCUT2D eigenvalue weighted by molar-refractivity contribution is 5.07. The monoisotopic (exact) mass is 196 g/mol. The maximum atomic E-state index is 10.2. The van der Waals surface area contributed by atoms with Crippen LogP contribution in [-0.2, 0) is 0 Å². The predicted octanol–water partition coefficient (Wildman–Crippen LogP) is 2.79. The largest absolute Gasteiger partial charge is 0.393 e. The molecule has 3 aliphatic carbocycles. The van der Waals surface area contributed by atoms with Crippen molar-refractivity contribution in [3.63, 3.8) is 0 Å². The average Bonchev–Trinajstić information content (AvgIpc) is 2.10. The summed E-state index contributed by atoms with van der Waals surface area (Å²) in [5, 5.41) is 10.2. The van der Waals surface area contributed by atoms with E-state index in [2.05, 4.69) is 34.6 Å². The Labute approximate surface area is 87.9 Å². The molecule has 0 spiro atoms. The van der Waals surface area contributed by atoms with E-state index < -0.39 is 0 Å². The SMILES string of the molecule is CC(C)C1C(O)C(C)C2C(C)[C@H]1[C@@H]2C. The molecular weight excluding hydrogens is 172 g/mol. The van der Waals surface area contributed by atoms with E-state index in [1.165, 1.54) is 0 Å². The molecule has 0 amide bonds. The van der Waals surface area contributed by atoms with Crippen molar-refractivity contribution in [3.8, 4) is 0 Å². The first-order valence-corrected chi connectivity index (χ1v) is 6.14. The van der Waals surface area contributed by atoms with Crippen LogP contribution in [0.5, 0.6) is 0 Å². The zero-order valence-corrected chi connectivity index (χ0v) is 10.1. The van der Waals surface area contributed by atoms with Crippen molar-refractivity contribution in [2.75, 3.05) is 0 Å². The lowest BCUT2D eigenvalue weighted by Crippen LogP contribution is -2.62. The van der Waals surface area contributed by atoms with Gasteiger partial charge in [0.2, 0.25) is 0 Å². The van der Waals surface area contributed by atoms with Crippen LogP contribution in [0.2, 0.25) is 0 Å². The molecule has 2 bridgehead atoms. The van der Waals surface area contributed by atoms with Gasteiger partial charge in [0, 0.05) is 0 Å². The van der Waals surface area contributed by atoms with Crippen LogP contribution in [-0.4, -0.2) is 11.2 Å². The van der Waals surface area contributed by atoms with E-state index >= 15 is 0 Å². The number of hydrogen-bond acceptors (Lipinski definition) is 1. The van der Waals surface area contributed by atoms with Crippen molar-refractivity contribution in [1.29, 1.82) is 0 Å². The molecule has 0 heterocycles. The van der Waals surface area contributed by atoms with Crippen molar-refractivity contribution in [2.45, 2.75) is 40.7 Å². The van der Waals surface area contributed by atoms with E-state index in [9.17, 15) is 5.11 Å². The number of rotatable bonds is 1. The molecule has 5 unspecified atom stereocenters. The van der Waals surface area contributed by atoms with Gasteiger partial charge in [0.25, 0.3) is 0 Å². The average molecular weight is 196 g/mol. The van der Waals surface area contributed by atoms with Gasteiger partial charge < -0.3 is 5.11 Å². The smallest absolute Gasteiger partial charge is 0.0602 e. The molecule has 3 aliphatic rings. The van der Waals surface area contributed by atoms with Crippen molar-refractivity contribution in [1.82, 2.24) is 0 Å². The van der Waals surface area contributed by atoms with Gasteiger partial charge >= 0.3 is 0 Å². The fraction of sp³-hybridized carbons (Fsp3) is 1.00. The molecule has 1 heteroatoms. The van der Waals surface area contributed by atoms with Crippen molar-refractivity contribution >= 4 is 0 Å². The van der Waals surface area contributed by atoms with Gasteiger partial charge in [0.15, 0.2) is 0 Å². The first-order valence-electron chi connectivity index (χ1n) is 6.14. The topological polar surface area (TPSA) is 20.2 Å². The third kappa shape index (κ3) is 1.11. The van der Waals surface area contributed by atoms with Crippen molar-refractivity contribution < 1.29 is 5.11 Å². The van der Waals surface area contributed by atoms with Crippen molar-refractivity contribution in [3.05, 3.63) is 0 Å². The van der Waals surface area contributed by atoms with Gasteiger partial charge in [-0.25, -0.2) is 0 Å². The second kappa shape index (κ2) is 3.23. The van der Waals surface area contributed by atoms with Gasteiger partial charge in [-0.05, 0) is 41.4 Å². The van der Waals surface area contributed by atoms with Crippen LogP contribution in [0.1, 0.15) is 34.6 Å². The molecule has 0 aromatic heterocycles. The van der Waals surface area contributed by atoms with E-state index in [4.69, 9.17) is 0 Å². The lowest BCUT2D eigenvalue weighted by atomic mass is 9.42. The van der Waals surface area contributed by atoms with Crippen LogP contribution >= 0.6 is 0 Å². The zero-order valence-electron chi connectivity index (χ0n) is 10.1. The van der Waals surface area contributed by atoms with Gasteiger partial charge in [0.05, 0.1) is 6.10 Å². The maximum absolute atomic E-state index is 10.2. The Morgan fingerprint density at radius 3 is 1.79 bits per heavy atom. The molecule has 1 N–H and O–H groups in total. The number of aliphatic hydroxyl groups is 1. The van der Waals surface area contributed by atoms with E-state index in [0.717, 1.165) is 23.7 Å². The molecular formula is C13H24O. The standard InChI is InChI=1S/C13H24O/c1-6(2)10-12-7(3)11(8(12)4)9(5)13(10)14/h6-14H,1-5H3/t7-,8?,9?,10?,11?,12-,13?/m1/s1. The summed E-state index contributed by atoms with van der Waals surface area (Å²) in [4.78, 5) is 0. The molecule has 0 radical (unpaired) electrons. The molecule has 0 saturated heterocycles. The Morgan fingerprint density at radius 1 is 0.857 bits per heavy atom. The highest BCUT2D eigenvalue weighted by Gasteiger charge is 2.59. The second-order valence-electron chi connectivity index (χ2n) is 6.04. The lowest BCUT2D eigenvalue weighted by molar-refractivity contribution is -0.198. The van der Waals surface area contributed by atoms with Crippen molar-refractivity contribution in [2.24, 2.45) is 41.4 Å². The van der Waals surface area contributed by atoms with Crippen LogP contribution in [0.25, 0.3) is 0 Å². The Kier molecular flexibility index (Phi) is 2.42. The summed E-state index contributed by atoms with van der Waals surface area (Å²) in [5.74, 6) is 4.93. The third-order valence-electron chi connectivity index (χ3n) is 5.18. The molecule has 7 atom stereocenters. The summed E-state index contributed by atoms with van der Waals surface area (Å²) < 4.78 is 0. The molecule has 82 valence electrons. The normalized spacial score (nSPS) is 57.2. The number of aliphatic hydroxyl groups excluding tert-OH is 1. The Hall–Kier alpha value is -0.0400. The fourth-order valence-electron chi connectivity index (χ4n) is 4.63. The minimum Gasteiger partial charge on any atom is -0.393 e. The quantitative estimate of drug-likeness (QED) is 0.683. The van der Waals surface area contributed by atoms with E-state index in [0.29, 0.717) is 17.8 Å². The van der Waals surface area contributed by atoms with Gasteiger partial charge in [-0.15, -0.1) is 0 Å². The van der Waals surface area contributed by atoms with Gasteiger partial charge in [0.1, 0.15) is 0 Å². The first-order chi connectivity index (χ1) is 6.46. The molecule has 3 saturated carbocycles. The minimum absolute atomic E-state index is 0.0441. The fourth-order valence-corrected chi connectivity index (χ4v) is 4.63. The molecule has 3 rings (SSSR count). The molecule has 0 aliphatic heterocycles. The van der Waals surface area contributed by atoms with E-state index in [1.54, 1.807) is 0 Å². The second-order valence-corrected chi connectivity index (χ2v) is 6.04. The van der Waals surface area contributed by atoms with Gasteiger partial charge in [-0.1, -0.05) is 34.6 Å². The summed E-state index contributed by atoms with van der Waals surface area (Å²) in [6.07, 6.45) is -0.0441. The van der Waals surface area contributed by atoms with Crippen LogP contribution < -0.4 is 0 Å². The van der Waals surface area contributed by atoms with E-state index in [1.807, 2.05) is 0 Å². The lowest BCUT2D eigenvalue weighted by Gasteiger charge is -2.63.